The second-order valence-electron chi connectivity index (χ2n) is 5.58. The van der Waals surface area contributed by atoms with Gasteiger partial charge in [0.2, 0.25) is 0 Å². The van der Waals surface area contributed by atoms with E-state index in [1.807, 2.05) is 0 Å². The highest BCUT2D eigenvalue weighted by molar-refractivity contribution is 5.10. The van der Waals surface area contributed by atoms with Gasteiger partial charge in [-0.3, -0.25) is 5.84 Å². The van der Waals surface area contributed by atoms with Crippen LogP contribution in [0.1, 0.15) is 38.5 Å². The molecule has 4 atom stereocenters. The molecule has 0 aromatic rings. The van der Waals surface area contributed by atoms with Gasteiger partial charge in [-0.05, 0) is 55.9 Å². The molecule has 2 fully saturated rings. The lowest BCUT2D eigenvalue weighted by atomic mass is 9.82. The van der Waals surface area contributed by atoms with Gasteiger partial charge in [0.05, 0.1) is 12.6 Å². The maximum absolute atomic E-state index is 5.77. The van der Waals surface area contributed by atoms with Crippen LogP contribution >= 0.6 is 0 Å². The topological polar surface area (TPSA) is 47.3 Å². The van der Waals surface area contributed by atoms with Crippen LogP contribution in [-0.4, -0.2) is 12.6 Å². The molecule has 2 saturated carbocycles. The molecule has 16 heavy (non-hydrogen) atoms. The molecule has 3 nitrogen and oxygen atoms in total. The highest BCUT2D eigenvalue weighted by Gasteiger charge is 2.44. The van der Waals surface area contributed by atoms with Crippen LogP contribution in [0.4, 0.5) is 0 Å². The summed E-state index contributed by atoms with van der Waals surface area (Å²) in [6.07, 6.45) is 10.2. The summed E-state index contributed by atoms with van der Waals surface area (Å²) in [6.45, 7) is 0.866. The minimum Gasteiger partial charge on any atom is -0.497 e. The average Bonchev–Trinajstić information content (AvgIpc) is 2.94. The summed E-state index contributed by atoms with van der Waals surface area (Å²) in [4.78, 5) is 0. The average molecular weight is 222 g/mol. The molecule has 2 aliphatic carbocycles. The minimum atomic E-state index is 0.274. The van der Waals surface area contributed by atoms with Crippen LogP contribution in [0.2, 0.25) is 0 Å². The van der Waals surface area contributed by atoms with Gasteiger partial charge >= 0.3 is 0 Å². The largest absolute Gasteiger partial charge is 0.497 e. The molecule has 3 aliphatic rings. The van der Waals surface area contributed by atoms with Gasteiger partial charge in [-0.1, -0.05) is 6.42 Å². The van der Waals surface area contributed by atoms with E-state index in [4.69, 9.17) is 10.6 Å². The number of hydrogen-bond acceptors (Lipinski definition) is 3. The first-order valence-corrected chi connectivity index (χ1v) is 6.67. The van der Waals surface area contributed by atoms with Gasteiger partial charge in [0.1, 0.15) is 5.76 Å². The third-order valence-corrected chi connectivity index (χ3v) is 4.67. The van der Waals surface area contributed by atoms with E-state index in [0.717, 1.165) is 37.0 Å². The first-order valence-electron chi connectivity index (χ1n) is 6.67. The summed E-state index contributed by atoms with van der Waals surface area (Å²) in [5.41, 5.74) is 3.01. The van der Waals surface area contributed by atoms with E-state index < -0.39 is 0 Å². The Morgan fingerprint density at radius 1 is 1.38 bits per heavy atom. The maximum Gasteiger partial charge on any atom is 0.111 e. The van der Waals surface area contributed by atoms with Crippen molar-refractivity contribution < 1.29 is 4.74 Å². The lowest BCUT2D eigenvalue weighted by molar-refractivity contribution is 0.134. The fraction of sp³-hybridized carbons (Fsp3) is 0.846. The Hall–Kier alpha value is -0.540. The van der Waals surface area contributed by atoms with Crippen molar-refractivity contribution in [3.63, 3.8) is 0 Å². The van der Waals surface area contributed by atoms with Gasteiger partial charge in [-0.15, -0.1) is 0 Å². The second-order valence-corrected chi connectivity index (χ2v) is 5.58. The fourth-order valence-corrected chi connectivity index (χ4v) is 3.91. The predicted octanol–water partition coefficient (Wildman–Crippen LogP) is 1.95. The van der Waals surface area contributed by atoms with Gasteiger partial charge in [0.15, 0.2) is 0 Å². The van der Waals surface area contributed by atoms with E-state index in [0.29, 0.717) is 5.92 Å². The number of nitrogens with one attached hydrogen (secondary N) is 1. The first-order chi connectivity index (χ1) is 7.88. The zero-order chi connectivity index (χ0) is 11.0. The van der Waals surface area contributed by atoms with Crippen LogP contribution < -0.4 is 11.3 Å². The molecule has 3 N–H and O–H groups in total. The maximum atomic E-state index is 5.77. The molecule has 0 aromatic heterocycles. The third kappa shape index (κ3) is 1.76. The van der Waals surface area contributed by atoms with E-state index in [9.17, 15) is 0 Å². The zero-order valence-electron chi connectivity index (χ0n) is 9.82. The Morgan fingerprint density at radius 3 is 2.88 bits per heavy atom. The molecule has 90 valence electrons. The second kappa shape index (κ2) is 4.38. The van der Waals surface area contributed by atoms with Gasteiger partial charge in [-0.2, -0.15) is 0 Å². The number of rotatable bonds is 3. The third-order valence-electron chi connectivity index (χ3n) is 4.67. The van der Waals surface area contributed by atoms with Crippen LogP contribution in [0.5, 0.6) is 0 Å². The molecule has 1 heterocycles. The molecule has 0 aromatic carbocycles. The zero-order valence-corrected chi connectivity index (χ0v) is 9.82. The number of hydrazine groups is 1. The molecule has 2 bridgehead atoms. The van der Waals surface area contributed by atoms with Crippen LogP contribution in [0.25, 0.3) is 0 Å². The van der Waals surface area contributed by atoms with Crippen molar-refractivity contribution >= 4 is 0 Å². The molecule has 0 amide bonds. The van der Waals surface area contributed by atoms with Crippen molar-refractivity contribution in [2.24, 2.45) is 23.6 Å². The van der Waals surface area contributed by atoms with E-state index >= 15 is 0 Å². The van der Waals surface area contributed by atoms with E-state index in [2.05, 4.69) is 11.5 Å². The van der Waals surface area contributed by atoms with Crippen molar-refractivity contribution in [3.05, 3.63) is 11.8 Å². The molecule has 1 aliphatic heterocycles. The number of allylic oxidation sites excluding steroid dienone is 1. The molecule has 0 radical (unpaired) electrons. The van der Waals surface area contributed by atoms with E-state index in [-0.39, 0.29) is 6.04 Å². The van der Waals surface area contributed by atoms with Gasteiger partial charge in [0, 0.05) is 0 Å². The predicted molar refractivity (Wildman–Crippen MR) is 63.3 cm³/mol. The Bertz CT molecular complexity index is 290. The van der Waals surface area contributed by atoms with Crippen LogP contribution in [-0.2, 0) is 4.74 Å². The highest BCUT2D eigenvalue weighted by Crippen LogP contribution is 2.50. The number of ether oxygens (including phenoxy) is 1. The Balaban J connectivity index is 1.73. The van der Waals surface area contributed by atoms with Crippen molar-refractivity contribution in [2.45, 2.75) is 44.6 Å². The highest BCUT2D eigenvalue weighted by atomic mass is 16.5. The molecular formula is C13H22N2O. The van der Waals surface area contributed by atoms with E-state index in [1.165, 1.54) is 25.7 Å². The van der Waals surface area contributed by atoms with Gasteiger partial charge in [-0.25, -0.2) is 5.43 Å². The molecule has 4 unspecified atom stereocenters. The normalized spacial score (nSPS) is 39.3. The number of fused-ring (bicyclic) bond motifs is 2. The molecule has 0 saturated heterocycles. The first kappa shape index (κ1) is 10.6. The summed E-state index contributed by atoms with van der Waals surface area (Å²) in [7, 11) is 0. The van der Waals surface area contributed by atoms with E-state index in [1.54, 1.807) is 0 Å². The lowest BCUT2D eigenvalue weighted by Gasteiger charge is -2.32. The van der Waals surface area contributed by atoms with Crippen molar-refractivity contribution in [2.75, 3.05) is 6.61 Å². The van der Waals surface area contributed by atoms with Crippen LogP contribution in [0, 0.1) is 17.8 Å². The van der Waals surface area contributed by atoms with Crippen LogP contribution in [0.3, 0.4) is 0 Å². The SMILES string of the molecule is NNC(C1=CCCCO1)C1CC2CCC1C2. The number of nitrogens with two attached hydrogens (primary N) is 1. The Labute approximate surface area is 97.4 Å². The van der Waals surface area contributed by atoms with Crippen molar-refractivity contribution in [3.8, 4) is 0 Å². The minimum absolute atomic E-state index is 0.274. The number of hydrogen-bond donors (Lipinski definition) is 2. The molecular weight excluding hydrogens is 200 g/mol. The molecule has 0 spiro atoms. The molecule has 3 rings (SSSR count). The summed E-state index contributed by atoms with van der Waals surface area (Å²) in [5, 5.41) is 0. The summed E-state index contributed by atoms with van der Waals surface area (Å²) in [5.74, 6) is 9.43. The van der Waals surface area contributed by atoms with Gasteiger partial charge < -0.3 is 4.74 Å². The van der Waals surface area contributed by atoms with Crippen molar-refractivity contribution in [1.82, 2.24) is 5.43 Å². The van der Waals surface area contributed by atoms with Gasteiger partial charge in [0.25, 0.3) is 0 Å². The summed E-state index contributed by atoms with van der Waals surface area (Å²) < 4.78 is 5.77. The van der Waals surface area contributed by atoms with Crippen molar-refractivity contribution in [1.29, 1.82) is 0 Å². The summed E-state index contributed by atoms with van der Waals surface area (Å²) >= 11 is 0. The quantitative estimate of drug-likeness (QED) is 0.567. The summed E-state index contributed by atoms with van der Waals surface area (Å²) in [6, 6.07) is 0.274. The Kier molecular flexibility index (Phi) is 2.90. The Morgan fingerprint density at radius 2 is 2.31 bits per heavy atom. The standard InChI is InChI=1S/C13H22N2O/c14-15-13(12-3-1-2-6-16-12)11-8-9-4-5-10(11)7-9/h3,9-11,13,15H,1-2,4-8,14H2. The fourth-order valence-electron chi connectivity index (χ4n) is 3.91. The smallest absolute Gasteiger partial charge is 0.111 e. The van der Waals surface area contributed by atoms with Crippen LogP contribution in [0.15, 0.2) is 11.8 Å². The monoisotopic (exact) mass is 222 g/mol. The molecule has 3 heteroatoms. The lowest BCUT2D eigenvalue weighted by Crippen LogP contribution is -2.45.